The lowest BCUT2D eigenvalue weighted by molar-refractivity contribution is -0.146. The highest BCUT2D eigenvalue weighted by Gasteiger charge is 2.22. The molecule has 0 aliphatic rings. The van der Waals surface area contributed by atoms with Gasteiger partial charge < -0.3 is 34.6 Å². The van der Waals surface area contributed by atoms with Crippen molar-refractivity contribution in [3.8, 4) is 11.5 Å². The van der Waals surface area contributed by atoms with Crippen LogP contribution in [0.5, 0.6) is 11.5 Å². The lowest BCUT2D eigenvalue weighted by atomic mass is 9.78. The van der Waals surface area contributed by atoms with Crippen molar-refractivity contribution in [3.05, 3.63) is 59.7 Å². The number of phenols is 2. The van der Waals surface area contributed by atoms with Gasteiger partial charge in [-0.15, -0.1) is 0 Å². The Morgan fingerprint density at radius 2 is 1.03 bits per heavy atom. The summed E-state index contributed by atoms with van der Waals surface area (Å²) in [5.74, 6) is -0.427. The summed E-state index contributed by atoms with van der Waals surface area (Å²) in [4.78, 5) is 20.8. The highest BCUT2D eigenvalue weighted by molar-refractivity contribution is 5.66. The number of esters is 2. The van der Waals surface area contributed by atoms with Crippen molar-refractivity contribution in [2.24, 2.45) is 0 Å². The van der Waals surface area contributed by atoms with Gasteiger partial charge in [0.1, 0.15) is 36.9 Å². The molecule has 0 bridgehead atoms. The Hall–Kier alpha value is -3.14. The van der Waals surface area contributed by atoms with Crippen LogP contribution in [0.15, 0.2) is 48.5 Å². The second kappa shape index (κ2) is 14.2. The number of carbonyl (C=O) groups is 2. The second-order valence-electron chi connectivity index (χ2n) is 8.17. The number of aliphatic hydroxyl groups is 2. The average molecular weight is 479 g/mol. The van der Waals surface area contributed by atoms with E-state index in [9.17, 15) is 30.0 Å². The Balaban J connectivity index is 0.000000340. The number of benzene rings is 2. The standard InChI is InChI=1S/C15H16O2.C10H18O7/c1-15(2,11-3-7-13(16)8-4-11)12-5-9-14(17)10-6-12;1-7(11)16-5-9(13)3-15-4-10(14)6-17-8(2)12/h3-10,16-17H,1-2H3;9-10,13-14H,3-6H2,1-2H3. The van der Waals surface area contributed by atoms with Gasteiger partial charge in [0.25, 0.3) is 0 Å². The molecule has 0 spiro atoms. The Morgan fingerprint density at radius 3 is 1.32 bits per heavy atom. The van der Waals surface area contributed by atoms with Crippen LogP contribution in [0.3, 0.4) is 0 Å². The molecule has 4 N–H and O–H groups in total. The molecule has 34 heavy (non-hydrogen) atoms. The van der Waals surface area contributed by atoms with Crippen molar-refractivity contribution in [2.75, 3.05) is 26.4 Å². The lowest BCUT2D eigenvalue weighted by Crippen LogP contribution is -2.28. The molecule has 0 amide bonds. The molecular weight excluding hydrogens is 444 g/mol. The number of aromatic hydroxyl groups is 2. The van der Waals surface area contributed by atoms with Gasteiger partial charge in [-0.1, -0.05) is 38.1 Å². The molecule has 188 valence electrons. The minimum atomic E-state index is -0.945. The van der Waals surface area contributed by atoms with Crippen LogP contribution in [0.4, 0.5) is 0 Å². The highest BCUT2D eigenvalue weighted by atomic mass is 16.6. The van der Waals surface area contributed by atoms with Crippen LogP contribution in [0.25, 0.3) is 0 Å². The number of hydrogen-bond acceptors (Lipinski definition) is 9. The van der Waals surface area contributed by atoms with E-state index in [0.717, 1.165) is 11.1 Å². The predicted octanol–water partition coefficient (Wildman–Crippen LogP) is 2.27. The van der Waals surface area contributed by atoms with Gasteiger partial charge in [0.05, 0.1) is 13.2 Å². The molecule has 2 atom stereocenters. The number of ether oxygens (including phenoxy) is 3. The van der Waals surface area contributed by atoms with E-state index < -0.39 is 24.1 Å². The molecule has 0 aromatic heterocycles. The lowest BCUT2D eigenvalue weighted by Gasteiger charge is -2.26. The predicted molar refractivity (Wildman–Crippen MR) is 124 cm³/mol. The first-order chi connectivity index (χ1) is 15.9. The van der Waals surface area contributed by atoms with Crippen molar-refractivity contribution >= 4 is 11.9 Å². The highest BCUT2D eigenvalue weighted by Crippen LogP contribution is 2.32. The van der Waals surface area contributed by atoms with Gasteiger partial charge in [0.15, 0.2) is 0 Å². The normalized spacial score (nSPS) is 12.6. The SMILES string of the molecule is CC(=O)OCC(O)COCC(O)COC(C)=O.CC(C)(c1ccc(O)cc1)c1ccc(O)cc1. The van der Waals surface area contributed by atoms with Crippen LogP contribution >= 0.6 is 0 Å². The maximum absolute atomic E-state index is 10.4. The van der Waals surface area contributed by atoms with Crippen molar-refractivity contribution in [1.82, 2.24) is 0 Å². The third-order valence-corrected chi connectivity index (χ3v) is 4.76. The van der Waals surface area contributed by atoms with Crippen LogP contribution in [-0.4, -0.2) is 71.0 Å². The molecule has 0 heterocycles. The van der Waals surface area contributed by atoms with E-state index in [1.165, 1.54) is 13.8 Å². The van der Waals surface area contributed by atoms with Crippen molar-refractivity contribution in [3.63, 3.8) is 0 Å². The first kappa shape index (κ1) is 28.9. The van der Waals surface area contributed by atoms with E-state index in [4.69, 9.17) is 4.74 Å². The quantitative estimate of drug-likeness (QED) is 0.378. The Labute approximate surface area is 199 Å². The smallest absolute Gasteiger partial charge is 0.302 e. The van der Waals surface area contributed by atoms with Gasteiger partial charge in [0.2, 0.25) is 0 Å². The van der Waals surface area contributed by atoms with Gasteiger partial charge in [-0.3, -0.25) is 9.59 Å². The molecule has 9 nitrogen and oxygen atoms in total. The molecule has 0 fully saturated rings. The van der Waals surface area contributed by atoms with Gasteiger partial charge in [0, 0.05) is 19.3 Å². The van der Waals surface area contributed by atoms with Gasteiger partial charge in [-0.2, -0.15) is 0 Å². The molecule has 0 aliphatic carbocycles. The zero-order valence-electron chi connectivity index (χ0n) is 19.9. The van der Waals surface area contributed by atoms with E-state index >= 15 is 0 Å². The summed E-state index contributed by atoms with van der Waals surface area (Å²) in [6, 6.07) is 14.4. The first-order valence-electron chi connectivity index (χ1n) is 10.7. The maximum Gasteiger partial charge on any atom is 0.302 e. The monoisotopic (exact) mass is 478 g/mol. The zero-order valence-corrected chi connectivity index (χ0v) is 19.9. The summed E-state index contributed by atoms with van der Waals surface area (Å²) in [6.45, 7) is 6.23. The number of carbonyl (C=O) groups excluding carboxylic acids is 2. The number of hydrogen-bond donors (Lipinski definition) is 4. The van der Waals surface area contributed by atoms with E-state index in [1.54, 1.807) is 24.3 Å². The zero-order chi connectivity index (χ0) is 25.7. The summed E-state index contributed by atoms with van der Waals surface area (Å²) in [7, 11) is 0. The van der Waals surface area contributed by atoms with Crippen LogP contribution in [0, 0.1) is 0 Å². The van der Waals surface area contributed by atoms with Gasteiger partial charge in [-0.05, 0) is 35.4 Å². The Kier molecular flexibility index (Phi) is 12.1. The van der Waals surface area contributed by atoms with Crippen molar-refractivity contribution < 1.29 is 44.2 Å². The fraction of sp³-hybridized carbons (Fsp3) is 0.440. The summed E-state index contributed by atoms with van der Waals surface area (Å²) in [5, 5.41) is 37.1. The van der Waals surface area contributed by atoms with E-state index in [1.807, 2.05) is 24.3 Å². The van der Waals surface area contributed by atoms with Gasteiger partial charge in [-0.25, -0.2) is 0 Å². The molecule has 9 heteroatoms. The second-order valence-corrected chi connectivity index (χ2v) is 8.17. The van der Waals surface area contributed by atoms with Crippen molar-refractivity contribution in [2.45, 2.75) is 45.3 Å². The largest absolute Gasteiger partial charge is 0.508 e. The Morgan fingerprint density at radius 1 is 0.706 bits per heavy atom. The van der Waals surface area contributed by atoms with Crippen molar-refractivity contribution in [1.29, 1.82) is 0 Å². The average Bonchev–Trinajstić information content (AvgIpc) is 2.77. The molecule has 0 saturated carbocycles. The minimum absolute atomic E-state index is 0.0790. The fourth-order valence-corrected chi connectivity index (χ4v) is 2.79. The van der Waals surface area contributed by atoms with E-state index in [-0.39, 0.29) is 43.3 Å². The molecule has 0 saturated heterocycles. The van der Waals surface area contributed by atoms with E-state index in [2.05, 4.69) is 23.3 Å². The van der Waals surface area contributed by atoms with E-state index in [0.29, 0.717) is 0 Å². The molecule has 2 rings (SSSR count). The van der Waals surface area contributed by atoms with Crippen LogP contribution in [-0.2, 0) is 29.2 Å². The summed E-state index contributed by atoms with van der Waals surface area (Å²) >= 11 is 0. The first-order valence-corrected chi connectivity index (χ1v) is 10.7. The third-order valence-electron chi connectivity index (χ3n) is 4.76. The van der Waals surface area contributed by atoms with Crippen LogP contribution < -0.4 is 0 Å². The minimum Gasteiger partial charge on any atom is -0.508 e. The molecular formula is C25H34O9. The molecule has 0 aliphatic heterocycles. The summed E-state index contributed by atoms with van der Waals surface area (Å²) < 4.78 is 14.0. The van der Waals surface area contributed by atoms with Crippen LogP contribution in [0.1, 0.15) is 38.8 Å². The number of aliphatic hydroxyl groups excluding tert-OH is 2. The fourth-order valence-electron chi connectivity index (χ4n) is 2.79. The summed E-state index contributed by atoms with van der Waals surface area (Å²) in [5.41, 5.74) is 2.10. The topological polar surface area (TPSA) is 143 Å². The molecule has 2 aromatic rings. The Bertz CT molecular complexity index is 805. The maximum atomic E-state index is 10.4. The number of rotatable bonds is 10. The molecule has 2 aromatic carbocycles. The molecule has 0 radical (unpaired) electrons. The van der Waals surface area contributed by atoms with Crippen LogP contribution in [0.2, 0.25) is 0 Å². The number of phenolic OH excluding ortho intramolecular Hbond substituents is 2. The third kappa shape index (κ3) is 11.1. The van der Waals surface area contributed by atoms with Gasteiger partial charge >= 0.3 is 11.9 Å². The molecule has 2 unspecified atom stereocenters. The summed E-state index contributed by atoms with van der Waals surface area (Å²) in [6.07, 6.45) is -1.89.